The van der Waals surface area contributed by atoms with Crippen LogP contribution in [0, 0.1) is 6.92 Å². The van der Waals surface area contributed by atoms with Crippen molar-refractivity contribution in [2.75, 3.05) is 16.5 Å². The molecule has 0 unspecified atom stereocenters. The van der Waals surface area contributed by atoms with Gasteiger partial charge in [0.15, 0.2) is 5.69 Å². The van der Waals surface area contributed by atoms with E-state index >= 15 is 0 Å². The lowest BCUT2D eigenvalue weighted by Gasteiger charge is -2.25. The van der Waals surface area contributed by atoms with Crippen molar-refractivity contribution in [2.24, 2.45) is 0 Å². The number of amides is 1. The van der Waals surface area contributed by atoms with Crippen LogP contribution in [0.5, 0.6) is 0 Å². The van der Waals surface area contributed by atoms with Crippen molar-refractivity contribution in [2.45, 2.75) is 25.2 Å². The molecule has 0 atom stereocenters. The maximum Gasteiger partial charge on any atom is 0.276 e. The van der Waals surface area contributed by atoms with Crippen LogP contribution < -0.4 is 10.2 Å². The molecule has 0 radical (unpaired) electrons. The first-order valence-electron chi connectivity index (χ1n) is 10.8. The number of hydrogen-bond donors (Lipinski definition) is 1. The fourth-order valence-corrected chi connectivity index (χ4v) is 4.23. The molecule has 2 aromatic heterocycles. The van der Waals surface area contributed by atoms with Crippen molar-refractivity contribution in [3.63, 3.8) is 0 Å². The molecule has 0 aliphatic rings. The Bertz CT molecular complexity index is 1490. The van der Waals surface area contributed by atoms with Gasteiger partial charge in [0.1, 0.15) is 5.76 Å². The summed E-state index contributed by atoms with van der Waals surface area (Å²) in [6.07, 6.45) is 3.88. The van der Waals surface area contributed by atoms with Crippen LogP contribution in [-0.4, -0.2) is 30.5 Å². The lowest BCUT2D eigenvalue weighted by atomic mass is 10.1. The molecular formula is C25H22Cl2N4O4S. The van der Waals surface area contributed by atoms with Crippen molar-refractivity contribution in [1.82, 2.24) is 9.97 Å². The van der Waals surface area contributed by atoms with E-state index in [2.05, 4.69) is 15.3 Å². The van der Waals surface area contributed by atoms with Crippen LogP contribution in [0.2, 0.25) is 10.0 Å². The SMILES string of the molecule is Cc1ccc(CN(Cc2ccco2)c2cnc(S(C)(=O)=O)nc2C(=O)Nc2ccc(Cl)c(Cl)c2)cc1. The van der Waals surface area contributed by atoms with Gasteiger partial charge in [-0.15, -0.1) is 0 Å². The second-order valence-electron chi connectivity index (χ2n) is 8.16. The highest BCUT2D eigenvalue weighted by Gasteiger charge is 2.24. The van der Waals surface area contributed by atoms with Gasteiger partial charge < -0.3 is 14.6 Å². The normalized spacial score (nSPS) is 11.3. The Morgan fingerprint density at radius 2 is 1.81 bits per heavy atom. The summed E-state index contributed by atoms with van der Waals surface area (Å²) in [6, 6.07) is 16.1. The van der Waals surface area contributed by atoms with Crippen LogP contribution in [0.4, 0.5) is 11.4 Å². The van der Waals surface area contributed by atoms with Gasteiger partial charge >= 0.3 is 0 Å². The zero-order chi connectivity index (χ0) is 25.9. The molecule has 4 rings (SSSR count). The third kappa shape index (κ3) is 6.23. The molecule has 36 heavy (non-hydrogen) atoms. The number of furan rings is 1. The van der Waals surface area contributed by atoms with Gasteiger partial charge in [0.05, 0.1) is 34.7 Å². The van der Waals surface area contributed by atoms with Crippen molar-refractivity contribution in [3.8, 4) is 0 Å². The van der Waals surface area contributed by atoms with Gasteiger partial charge in [0.25, 0.3) is 5.91 Å². The number of carbonyl (C=O) groups is 1. The predicted octanol–water partition coefficient (Wildman–Crippen LogP) is 5.55. The summed E-state index contributed by atoms with van der Waals surface area (Å²) in [5, 5.41) is 2.84. The fourth-order valence-electron chi connectivity index (χ4n) is 3.43. The largest absolute Gasteiger partial charge is 0.467 e. The van der Waals surface area contributed by atoms with Crippen molar-refractivity contribution in [3.05, 3.63) is 99.7 Å². The maximum atomic E-state index is 13.4. The molecule has 0 saturated heterocycles. The van der Waals surface area contributed by atoms with E-state index in [-0.39, 0.29) is 17.3 Å². The lowest BCUT2D eigenvalue weighted by molar-refractivity contribution is 0.102. The number of carbonyl (C=O) groups excluding carboxylic acids is 1. The first-order chi connectivity index (χ1) is 17.1. The van der Waals surface area contributed by atoms with E-state index in [0.29, 0.717) is 28.7 Å². The summed E-state index contributed by atoms with van der Waals surface area (Å²) in [4.78, 5) is 23.4. The first-order valence-corrected chi connectivity index (χ1v) is 13.4. The second-order valence-corrected chi connectivity index (χ2v) is 10.9. The molecule has 2 heterocycles. The number of hydrogen-bond acceptors (Lipinski definition) is 7. The van der Waals surface area contributed by atoms with Gasteiger partial charge in [-0.2, -0.15) is 0 Å². The fraction of sp³-hybridized carbons (Fsp3) is 0.160. The molecule has 1 N–H and O–H groups in total. The number of rotatable bonds is 8. The number of anilines is 2. The van der Waals surface area contributed by atoms with Crippen molar-refractivity contribution >= 4 is 50.3 Å². The van der Waals surface area contributed by atoms with Crippen LogP contribution in [0.3, 0.4) is 0 Å². The zero-order valence-electron chi connectivity index (χ0n) is 19.4. The van der Waals surface area contributed by atoms with Crippen molar-refractivity contribution in [1.29, 1.82) is 0 Å². The highest BCUT2D eigenvalue weighted by molar-refractivity contribution is 7.90. The van der Waals surface area contributed by atoms with Crippen molar-refractivity contribution < 1.29 is 17.6 Å². The zero-order valence-corrected chi connectivity index (χ0v) is 21.7. The molecular weight excluding hydrogens is 523 g/mol. The minimum Gasteiger partial charge on any atom is -0.467 e. The van der Waals surface area contributed by atoms with Crippen LogP contribution in [-0.2, 0) is 22.9 Å². The summed E-state index contributed by atoms with van der Waals surface area (Å²) < 4.78 is 29.9. The smallest absolute Gasteiger partial charge is 0.276 e. The quantitative estimate of drug-likeness (QED) is 0.290. The van der Waals surface area contributed by atoms with Crippen LogP contribution in [0.25, 0.3) is 0 Å². The summed E-state index contributed by atoms with van der Waals surface area (Å²) in [7, 11) is -3.78. The lowest BCUT2D eigenvalue weighted by Crippen LogP contribution is -2.27. The first kappa shape index (κ1) is 25.7. The molecule has 0 fully saturated rings. The summed E-state index contributed by atoms with van der Waals surface area (Å²) in [5.74, 6) is 0.00850. The molecule has 0 aliphatic carbocycles. The molecule has 11 heteroatoms. The molecule has 4 aromatic rings. The monoisotopic (exact) mass is 544 g/mol. The van der Waals surface area contributed by atoms with Gasteiger partial charge in [0, 0.05) is 18.5 Å². The minimum absolute atomic E-state index is 0.116. The Balaban J connectivity index is 1.78. The molecule has 0 saturated carbocycles. The van der Waals surface area contributed by atoms with E-state index < -0.39 is 20.9 Å². The number of benzene rings is 2. The number of nitrogens with zero attached hydrogens (tertiary/aromatic N) is 3. The van der Waals surface area contributed by atoms with E-state index in [1.54, 1.807) is 24.5 Å². The van der Waals surface area contributed by atoms with Gasteiger partial charge in [-0.3, -0.25) is 4.79 Å². The van der Waals surface area contributed by atoms with E-state index in [1.165, 1.54) is 12.3 Å². The van der Waals surface area contributed by atoms with Crippen LogP contribution in [0.15, 0.2) is 76.6 Å². The number of halogens is 2. The average molecular weight is 545 g/mol. The standard InChI is InChI=1S/C25H22Cl2N4O4S/c1-16-5-7-17(8-6-16)14-31(15-19-4-3-11-35-19)22-13-28-25(36(2,33)34)30-23(22)24(32)29-18-9-10-20(26)21(27)12-18/h3-13H,14-15H2,1-2H3,(H,29,32). The van der Waals surface area contributed by atoms with E-state index in [1.807, 2.05) is 42.2 Å². The number of aryl methyl sites for hydroxylation is 1. The molecule has 2 aromatic carbocycles. The van der Waals surface area contributed by atoms with Gasteiger partial charge in [-0.05, 0) is 42.8 Å². The molecule has 0 bridgehead atoms. The molecule has 8 nitrogen and oxygen atoms in total. The highest BCUT2D eigenvalue weighted by atomic mass is 35.5. The molecule has 0 spiro atoms. The maximum absolute atomic E-state index is 13.4. The Hall–Kier alpha value is -3.40. The van der Waals surface area contributed by atoms with E-state index in [4.69, 9.17) is 27.6 Å². The number of nitrogens with one attached hydrogen (secondary N) is 1. The Morgan fingerprint density at radius 1 is 1.06 bits per heavy atom. The van der Waals surface area contributed by atoms with Gasteiger partial charge in [-0.1, -0.05) is 53.0 Å². The molecule has 0 aliphatic heterocycles. The van der Waals surface area contributed by atoms with Gasteiger partial charge in [-0.25, -0.2) is 18.4 Å². The third-order valence-corrected chi connectivity index (χ3v) is 6.83. The highest BCUT2D eigenvalue weighted by Crippen LogP contribution is 2.28. The molecule has 186 valence electrons. The second kappa shape index (κ2) is 10.7. The summed E-state index contributed by atoms with van der Waals surface area (Å²) >= 11 is 12.1. The predicted molar refractivity (Wildman–Crippen MR) is 139 cm³/mol. The number of sulfone groups is 1. The van der Waals surface area contributed by atoms with Crippen LogP contribution >= 0.6 is 23.2 Å². The average Bonchev–Trinajstić information content (AvgIpc) is 3.34. The van der Waals surface area contributed by atoms with E-state index in [0.717, 1.165) is 17.4 Å². The Morgan fingerprint density at radius 3 is 2.44 bits per heavy atom. The Labute approximate surface area is 218 Å². The summed E-state index contributed by atoms with van der Waals surface area (Å²) in [5.41, 5.74) is 2.66. The van der Waals surface area contributed by atoms with E-state index in [9.17, 15) is 13.2 Å². The molecule has 1 amide bonds. The topological polar surface area (TPSA) is 105 Å². The van der Waals surface area contributed by atoms with Gasteiger partial charge in [0.2, 0.25) is 15.0 Å². The van der Waals surface area contributed by atoms with Crippen LogP contribution in [0.1, 0.15) is 27.4 Å². The Kier molecular flexibility index (Phi) is 7.63. The summed E-state index contributed by atoms with van der Waals surface area (Å²) in [6.45, 7) is 2.67. The number of aromatic nitrogens is 2. The minimum atomic E-state index is -3.78. The third-order valence-electron chi connectivity index (χ3n) is 5.23.